The van der Waals surface area contributed by atoms with Crippen LogP contribution in [-0.2, 0) is 0 Å². The van der Waals surface area contributed by atoms with Gasteiger partial charge in [0, 0.05) is 1.43 Å². The van der Waals surface area contributed by atoms with Crippen LogP contribution in [0.4, 0.5) is 0 Å². The molecule has 1 fully saturated rings. The van der Waals surface area contributed by atoms with Gasteiger partial charge >= 0.3 is 0 Å². The smallest absolute Gasteiger partial charge is 0 e. The zero-order valence-corrected chi connectivity index (χ0v) is 5.82. The predicted octanol–water partition coefficient (Wildman–Crippen LogP) is 3.22. The van der Waals surface area contributed by atoms with Crippen molar-refractivity contribution < 1.29 is 1.43 Å². The molecule has 1 aliphatic rings. The van der Waals surface area contributed by atoms with Gasteiger partial charge in [0.1, 0.15) is 0 Å². The van der Waals surface area contributed by atoms with Crippen molar-refractivity contribution in [1.29, 1.82) is 0 Å². The first kappa shape index (κ1) is 6.12. The summed E-state index contributed by atoms with van der Waals surface area (Å²) in [6.07, 6.45) is 8.93. The highest BCUT2D eigenvalue weighted by atomic mass is 14.2. The Bertz CT molecular complexity index is 55.6. The molecule has 0 radical (unpaired) electrons. The molecule has 0 amide bonds. The normalized spacial score (nSPS) is 23.6. The Labute approximate surface area is 53.8 Å². The van der Waals surface area contributed by atoms with Crippen LogP contribution in [-0.4, -0.2) is 0 Å². The number of hydrogen-bond acceptors (Lipinski definition) is 0. The highest BCUT2D eigenvalue weighted by Crippen LogP contribution is 2.25. The summed E-state index contributed by atoms with van der Waals surface area (Å²) in [5.74, 6) is 1.09. The van der Waals surface area contributed by atoms with E-state index in [2.05, 4.69) is 6.92 Å². The summed E-state index contributed by atoms with van der Waals surface area (Å²) in [5, 5.41) is 0. The van der Waals surface area contributed by atoms with Gasteiger partial charge in [-0.25, -0.2) is 0 Å². The van der Waals surface area contributed by atoms with Gasteiger partial charge in [-0.2, -0.15) is 0 Å². The molecule has 0 aromatic heterocycles. The molecule has 0 atom stereocenters. The van der Waals surface area contributed by atoms with Gasteiger partial charge in [0.2, 0.25) is 0 Å². The lowest BCUT2D eigenvalue weighted by Crippen LogP contribution is -2.03. The molecular formula is C8H18. The molecule has 0 aromatic carbocycles. The minimum absolute atomic E-state index is 0. The van der Waals surface area contributed by atoms with Gasteiger partial charge in [0.25, 0.3) is 0 Å². The van der Waals surface area contributed by atoms with Crippen LogP contribution in [0, 0.1) is 5.92 Å². The summed E-state index contributed by atoms with van der Waals surface area (Å²) in [5.41, 5.74) is 0. The van der Waals surface area contributed by atoms with E-state index in [0.29, 0.717) is 0 Å². The van der Waals surface area contributed by atoms with E-state index < -0.39 is 0 Å². The Morgan fingerprint density at radius 2 is 1.88 bits per heavy atom. The summed E-state index contributed by atoms with van der Waals surface area (Å²) < 4.78 is 0. The average Bonchev–Trinajstić information content (AvgIpc) is 1.90. The van der Waals surface area contributed by atoms with E-state index in [1.807, 2.05) is 0 Å². The van der Waals surface area contributed by atoms with Gasteiger partial charge in [-0.15, -0.1) is 0 Å². The number of rotatable bonds is 1. The molecule has 0 heteroatoms. The summed E-state index contributed by atoms with van der Waals surface area (Å²) in [6.45, 7) is 2.32. The van der Waals surface area contributed by atoms with E-state index in [4.69, 9.17) is 0 Å². The summed E-state index contributed by atoms with van der Waals surface area (Å²) in [6, 6.07) is 0. The van der Waals surface area contributed by atoms with Gasteiger partial charge in [-0.1, -0.05) is 45.4 Å². The van der Waals surface area contributed by atoms with Crippen LogP contribution >= 0.6 is 0 Å². The van der Waals surface area contributed by atoms with Crippen LogP contribution in [0.2, 0.25) is 0 Å². The second-order valence-corrected chi connectivity index (χ2v) is 2.91. The zero-order valence-electron chi connectivity index (χ0n) is 5.82. The van der Waals surface area contributed by atoms with E-state index >= 15 is 0 Å². The Hall–Kier alpha value is 0. The summed E-state index contributed by atoms with van der Waals surface area (Å²) in [7, 11) is 0. The molecule has 0 aromatic rings. The van der Waals surface area contributed by atoms with Crippen LogP contribution in [0.1, 0.15) is 46.9 Å². The molecule has 8 heavy (non-hydrogen) atoms. The molecule has 1 aliphatic carbocycles. The highest BCUT2D eigenvalue weighted by molar-refractivity contribution is 4.63. The molecule has 0 spiro atoms. The van der Waals surface area contributed by atoms with Crippen molar-refractivity contribution >= 4 is 0 Å². The van der Waals surface area contributed by atoms with Gasteiger partial charge in [0.05, 0.1) is 0 Å². The van der Waals surface area contributed by atoms with Gasteiger partial charge in [-0.05, 0) is 5.92 Å². The monoisotopic (exact) mass is 114 g/mol. The first-order chi connectivity index (χ1) is 3.93. The van der Waals surface area contributed by atoms with E-state index in [0.717, 1.165) is 5.92 Å². The van der Waals surface area contributed by atoms with Crippen LogP contribution in [0.5, 0.6) is 0 Å². The molecule has 0 saturated heterocycles. The van der Waals surface area contributed by atoms with Crippen molar-refractivity contribution in [2.24, 2.45) is 5.92 Å². The van der Waals surface area contributed by atoms with E-state index in [9.17, 15) is 0 Å². The molecular weight excluding hydrogens is 96.1 g/mol. The molecule has 0 unspecified atom stereocenters. The fourth-order valence-electron chi connectivity index (χ4n) is 1.60. The molecule has 0 nitrogen and oxygen atoms in total. The molecule has 50 valence electrons. The molecule has 0 bridgehead atoms. The van der Waals surface area contributed by atoms with Crippen molar-refractivity contribution in [3.05, 3.63) is 0 Å². The molecule has 0 heterocycles. The minimum atomic E-state index is 0. The SMILES string of the molecule is CCC1CCCCC1.[HH]. The summed E-state index contributed by atoms with van der Waals surface area (Å²) in [4.78, 5) is 0. The van der Waals surface area contributed by atoms with Gasteiger partial charge < -0.3 is 0 Å². The maximum absolute atomic E-state index is 2.32. The molecule has 1 rings (SSSR count). The third-order valence-corrected chi connectivity index (χ3v) is 2.30. The van der Waals surface area contributed by atoms with Crippen LogP contribution in [0.15, 0.2) is 0 Å². The van der Waals surface area contributed by atoms with E-state index in [1.165, 1.54) is 38.5 Å². The van der Waals surface area contributed by atoms with Crippen molar-refractivity contribution in [1.82, 2.24) is 0 Å². The van der Waals surface area contributed by atoms with Crippen molar-refractivity contribution in [2.75, 3.05) is 0 Å². The lowest BCUT2D eigenvalue weighted by atomic mass is 9.88. The van der Waals surface area contributed by atoms with Gasteiger partial charge in [0.15, 0.2) is 0 Å². The first-order valence-corrected chi connectivity index (χ1v) is 3.93. The first-order valence-electron chi connectivity index (χ1n) is 3.93. The average molecular weight is 114 g/mol. The van der Waals surface area contributed by atoms with Gasteiger partial charge in [-0.3, -0.25) is 0 Å². The van der Waals surface area contributed by atoms with Crippen LogP contribution in [0.25, 0.3) is 0 Å². The van der Waals surface area contributed by atoms with Crippen molar-refractivity contribution in [3.8, 4) is 0 Å². The molecule has 0 N–H and O–H groups in total. The van der Waals surface area contributed by atoms with Crippen molar-refractivity contribution in [2.45, 2.75) is 45.4 Å². The maximum atomic E-state index is 2.32. The third kappa shape index (κ3) is 1.50. The lowest BCUT2D eigenvalue weighted by Gasteiger charge is -2.18. The largest absolute Gasteiger partial charge is 0.0651 e. The fraction of sp³-hybridized carbons (Fsp3) is 1.00. The van der Waals surface area contributed by atoms with E-state index in [1.54, 1.807) is 0 Å². The quantitative estimate of drug-likeness (QED) is 0.491. The maximum Gasteiger partial charge on any atom is 0 e. The second-order valence-electron chi connectivity index (χ2n) is 2.91. The fourth-order valence-corrected chi connectivity index (χ4v) is 1.60. The Morgan fingerprint density at radius 3 is 2.25 bits per heavy atom. The minimum Gasteiger partial charge on any atom is -0.0651 e. The Balaban J connectivity index is 0.000000640. The zero-order chi connectivity index (χ0) is 5.82. The standard InChI is InChI=1S/C8H16.H2/c1-2-8-6-4-3-5-7-8;/h8H,2-7H2,1H3;1H. The van der Waals surface area contributed by atoms with E-state index in [-0.39, 0.29) is 1.43 Å². The Kier molecular flexibility index (Phi) is 2.38. The predicted molar refractivity (Wildman–Crippen MR) is 39.0 cm³/mol. The molecule has 1 saturated carbocycles. The summed E-state index contributed by atoms with van der Waals surface area (Å²) >= 11 is 0. The number of hydrogen-bond donors (Lipinski definition) is 0. The van der Waals surface area contributed by atoms with Crippen LogP contribution < -0.4 is 0 Å². The topological polar surface area (TPSA) is 0 Å². The van der Waals surface area contributed by atoms with Crippen molar-refractivity contribution in [3.63, 3.8) is 0 Å². The van der Waals surface area contributed by atoms with Crippen LogP contribution in [0.3, 0.4) is 0 Å². The lowest BCUT2D eigenvalue weighted by molar-refractivity contribution is 0.349. The second kappa shape index (κ2) is 3.11. The Morgan fingerprint density at radius 1 is 1.25 bits per heavy atom. The highest BCUT2D eigenvalue weighted by Gasteiger charge is 2.09. The third-order valence-electron chi connectivity index (χ3n) is 2.30. The molecule has 0 aliphatic heterocycles.